The first kappa shape index (κ1) is 11.4. The summed E-state index contributed by atoms with van der Waals surface area (Å²) in [5, 5.41) is 5.01. The van der Waals surface area contributed by atoms with Crippen LogP contribution in [0.5, 0.6) is 0 Å². The molecule has 3 aliphatic rings. The van der Waals surface area contributed by atoms with E-state index in [1.54, 1.807) is 0 Å². The monoisotopic (exact) mass is 262 g/mol. The summed E-state index contributed by atoms with van der Waals surface area (Å²) < 4.78 is 0. The highest BCUT2D eigenvalue weighted by Gasteiger charge is 2.53. The normalized spacial score (nSPS) is 37.8. The number of rotatable bonds is 5. The van der Waals surface area contributed by atoms with Gasteiger partial charge in [-0.2, -0.15) is 0 Å². The lowest BCUT2D eigenvalue weighted by Gasteiger charge is -2.31. The predicted octanol–water partition coefficient (Wildman–Crippen LogP) is 3.16. The van der Waals surface area contributed by atoms with Gasteiger partial charge in [-0.1, -0.05) is 0 Å². The average molecular weight is 262 g/mol. The number of nitrogens with zero attached hydrogens (tertiary/aromatic N) is 1. The van der Waals surface area contributed by atoms with Gasteiger partial charge in [-0.25, -0.2) is 4.98 Å². The third-order valence-electron chi connectivity index (χ3n) is 5.02. The second-order valence-electron chi connectivity index (χ2n) is 6.84. The van der Waals surface area contributed by atoms with Crippen LogP contribution in [0, 0.1) is 24.2 Å². The van der Waals surface area contributed by atoms with Crippen molar-refractivity contribution in [3.05, 3.63) is 16.1 Å². The molecule has 2 nitrogen and oxygen atoms in total. The molecule has 1 aromatic heterocycles. The number of aryl methyl sites for hydroxylation is 1. The number of hydrogen-bond donors (Lipinski definition) is 1. The third-order valence-corrected chi connectivity index (χ3v) is 5.93. The largest absolute Gasteiger partial charge is 0.313 e. The molecule has 18 heavy (non-hydrogen) atoms. The second-order valence-corrected chi connectivity index (χ2v) is 8.16. The van der Waals surface area contributed by atoms with Crippen LogP contribution in [-0.2, 0) is 6.42 Å². The van der Waals surface area contributed by atoms with Gasteiger partial charge in [-0.15, -0.1) is 11.3 Å². The first-order chi connectivity index (χ1) is 8.72. The Balaban J connectivity index is 1.47. The van der Waals surface area contributed by atoms with Gasteiger partial charge < -0.3 is 5.32 Å². The molecular weight excluding hydrogens is 240 g/mol. The summed E-state index contributed by atoms with van der Waals surface area (Å²) in [6.07, 6.45) is 10.6. The number of aromatic nitrogens is 1. The molecule has 4 rings (SSSR count). The fourth-order valence-electron chi connectivity index (χ4n) is 3.86. The fraction of sp³-hybridized carbons (Fsp3) is 0.800. The van der Waals surface area contributed by atoms with Crippen molar-refractivity contribution in [2.24, 2.45) is 17.3 Å². The predicted molar refractivity (Wildman–Crippen MR) is 74.8 cm³/mol. The van der Waals surface area contributed by atoms with E-state index in [0.29, 0.717) is 5.41 Å². The molecule has 98 valence electrons. The molecule has 0 saturated heterocycles. The molecule has 3 heteroatoms. The molecule has 0 bridgehead atoms. The van der Waals surface area contributed by atoms with Crippen LogP contribution in [0.1, 0.15) is 42.0 Å². The second kappa shape index (κ2) is 4.04. The van der Waals surface area contributed by atoms with Crippen LogP contribution in [0.2, 0.25) is 0 Å². The maximum absolute atomic E-state index is 4.43. The minimum absolute atomic E-state index is 0.565. The number of thiazole rings is 1. The summed E-state index contributed by atoms with van der Waals surface area (Å²) in [4.78, 5) is 5.93. The van der Waals surface area contributed by atoms with Crippen LogP contribution in [0.15, 0.2) is 6.20 Å². The minimum Gasteiger partial charge on any atom is -0.313 e. The van der Waals surface area contributed by atoms with Crippen molar-refractivity contribution in [3.63, 3.8) is 0 Å². The first-order valence-corrected chi connectivity index (χ1v) is 8.19. The smallest absolute Gasteiger partial charge is 0.0896 e. The molecule has 1 heterocycles. The summed E-state index contributed by atoms with van der Waals surface area (Å²) in [7, 11) is 0. The van der Waals surface area contributed by atoms with Crippen LogP contribution in [0.4, 0.5) is 0 Å². The van der Waals surface area contributed by atoms with Crippen molar-refractivity contribution in [3.8, 4) is 0 Å². The Morgan fingerprint density at radius 3 is 2.78 bits per heavy atom. The molecule has 0 spiro atoms. The molecule has 3 aliphatic carbocycles. The van der Waals surface area contributed by atoms with E-state index < -0.39 is 0 Å². The van der Waals surface area contributed by atoms with E-state index >= 15 is 0 Å². The highest BCUT2D eigenvalue weighted by atomic mass is 32.1. The minimum atomic E-state index is 0.565. The lowest BCUT2D eigenvalue weighted by molar-refractivity contribution is 0.249. The van der Waals surface area contributed by atoms with Crippen molar-refractivity contribution in [1.82, 2.24) is 10.3 Å². The number of fused-ring (bicyclic) bond motifs is 1. The molecule has 2 atom stereocenters. The molecule has 0 aromatic carbocycles. The zero-order chi connectivity index (χ0) is 12.2. The average Bonchev–Trinajstić information content (AvgIpc) is 3.23. The quantitative estimate of drug-likeness (QED) is 0.881. The maximum Gasteiger partial charge on any atom is 0.0896 e. The van der Waals surface area contributed by atoms with Gasteiger partial charge in [-0.05, 0) is 62.7 Å². The van der Waals surface area contributed by atoms with Crippen LogP contribution < -0.4 is 5.32 Å². The Morgan fingerprint density at radius 1 is 1.39 bits per heavy atom. The zero-order valence-corrected chi connectivity index (χ0v) is 11.9. The molecule has 3 fully saturated rings. The molecular formula is C15H22N2S. The van der Waals surface area contributed by atoms with Gasteiger partial charge >= 0.3 is 0 Å². The van der Waals surface area contributed by atoms with Gasteiger partial charge in [0.2, 0.25) is 0 Å². The van der Waals surface area contributed by atoms with E-state index in [1.165, 1.54) is 55.0 Å². The van der Waals surface area contributed by atoms with Crippen molar-refractivity contribution in [2.45, 2.75) is 51.5 Å². The zero-order valence-electron chi connectivity index (χ0n) is 11.1. The molecule has 3 saturated carbocycles. The first-order valence-electron chi connectivity index (χ1n) is 7.37. The van der Waals surface area contributed by atoms with Crippen LogP contribution in [-0.4, -0.2) is 17.6 Å². The van der Waals surface area contributed by atoms with Crippen LogP contribution in [0.25, 0.3) is 0 Å². The third kappa shape index (κ3) is 2.23. The van der Waals surface area contributed by atoms with Crippen LogP contribution >= 0.6 is 11.3 Å². The summed E-state index contributed by atoms with van der Waals surface area (Å²) in [6, 6.07) is 0.849. The van der Waals surface area contributed by atoms with E-state index in [0.717, 1.165) is 17.9 Å². The summed E-state index contributed by atoms with van der Waals surface area (Å²) in [6.45, 7) is 3.37. The van der Waals surface area contributed by atoms with E-state index in [2.05, 4.69) is 23.4 Å². The Labute approximate surface area is 113 Å². The van der Waals surface area contributed by atoms with E-state index in [4.69, 9.17) is 0 Å². The highest BCUT2D eigenvalue weighted by Crippen LogP contribution is 2.60. The summed E-state index contributed by atoms with van der Waals surface area (Å²) >= 11 is 1.90. The topological polar surface area (TPSA) is 24.9 Å². The SMILES string of the molecule is Cc1ncc(CC2(CNC3CC3)CC3CC3C2)s1. The molecule has 2 unspecified atom stereocenters. The van der Waals surface area contributed by atoms with Gasteiger partial charge in [0.25, 0.3) is 0 Å². The highest BCUT2D eigenvalue weighted by molar-refractivity contribution is 7.11. The Kier molecular flexibility index (Phi) is 2.56. The standard InChI is InChI=1S/C15H22N2S/c1-10-16-8-14(18-10)7-15(9-17-13-2-3-13)5-11-4-12(11)6-15/h8,11-13,17H,2-7,9H2,1H3. The molecule has 1 N–H and O–H groups in total. The number of nitrogens with one attached hydrogen (secondary N) is 1. The van der Waals surface area contributed by atoms with Crippen molar-refractivity contribution in [2.75, 3.05) is 6.54 Å². The van der Waals surface area contributed by atoms with Gasteiger partial charge in [0.05, 0.1) is 5.01 Å². The van der Waals surface area contributed by atoms with Crippen molar-refractivity contribution < 1.29 is 0 Å². The molecule has 0 amide bonds. The number of hydrogen-bond acceptors (Lipinski definition) is 3. The fourth-order valence-corrected chi connectivity index (χ4v) is 4.83. The van der Waals surface area contributed by atoms with Gasteiger partial charge in [0.15, 0.2) is 0 Å². The summed E-state index contributed by atoms with van der Waals surface area (Å²) in [5.41, 5.74) is 0.565. The van der Waals surface area contributed by atoms with E-state index in [9.17, 15) is 0 Å². The maximum atomic E-state index is 4.43. The van der Waals surface area contributed by atoms with Crippen LogP contribution in [0.3, 0.4) is 0 Å². The Hall–Kier alpha value is -0.410. The van der Waals surface area contributed by atoms with E-state index in [1.807, 2.05) is 11.3 Å². The molecule has 0 aliphatic heterocycles. The lowest BCUT2D eigenvalue weighted by Crippen LogP contribution is -2.36. The van der Waals surface area contributed by atoms with Crippen molar-refractivity contribution >= 4 is 11.3 Å². The van der Waals surface area contributed by atoms with Gasteiger partial charge in [0, 0.05) is 23.7 Å². The Morgan fingerprint density at radius 2 is 2.17 bits per heavy atom. The summed E-state index contributed by atoms with van der Waals surface area (Å²) in [5.74, 6) is 2.14. The van der Waals surface area contributed by atoms with Gasteiger partial charge in [0.1, 0.15) is 0 Å². The van der Waals surface area contributed by atoms with Crippen molar-refractivity contribution in [1.29, 1.82) is 0 Å². The van der Waals surface area contributed by atoms with Gasteiger partial charge in [-0.3, -0.25) is 0 Å². The molecule has 1 aromatic rings. The Bertz CT molecular complexity index is 439. The van der Waals surface area contributed by atoms with E-state index in [-0.39, 0.29) is 0 Å². The molecule has 0 radical (unpaired) electrons. The lowest BCUT2D eigenvalue weighted by atomic mass is 9.79.